The summed E-state index contributed by atoms with van der Waals surface area (Å²) >= 11 is 0. The minimum absolute atomic E-state index is 0.00984. The molecule has 1 aliphatic rings. The maximum Gasteiger partial charge on any atom is 0.253 e. The third kappa shape index (κ3) is 3.61. The zero-order valence-electron chi connectivity index (χ0n) is 12.6. The highest BCUT2D eigenvalue weighted by atomic mass is 16.3. The molecule has 1 atom stereocenters. The lowest BCUT2D eigenvalue weighted by molar-refractivity contribution is -0.117. The lowest BCUT2D eigenvalue weighted by atomic mass is 10.1. The van der Waals surface area contributed by atoms with Gasteiger partial charge in [0.2, 0.25) is 5.91 Å². The molecule has 1 aliphatic heterocycles. The largest absolute Gasteiger partial charge is 0.396 e. The Morgan fingerprint density at radius 1 is 1.48 bits per heavy atom. The van der Waals surface area contributed by atoms with Crippen molar-refractivity contribution < 1.29 is 14.7 Å². The Balaban J connectivity index is 2.22. The molecule has 1 saturated heterocycles. The molecule has 1 aromatic rings. The van der Waals surface area contributed by atoms with Gasteiger partial charge in [0.15, 0.2) is 0 Å². The van der Waals surface area contributed by atoms with Gasteiger partial charge in [-0.25, -0.2) is 0 Å². The zero-order valence-corrected chi connectivity index (χ0v) is 12.6. The lowest BCUT2D eigenvalue weighted by Crippen LogP contribution is -2.32. The van der Waals surface area contributed by atoms with Gasteiger partial charge < -0.3 is 15.3 Å². The highest BCUT2D eigenvalue weighted by Gasteiger charge is 2.25. The van der Waals surface area contributed by atoms with Crippen LogP contribution in [0.25, 0.3) is 0 Å². The van der Waals surface area contributed by atoms with E-state index in [1.807, 2.05) is 26.0 Å². The normalized spacial score (nSPS) is 16.1. The van der Waals surface area contributed by atoms with E-state index in [-0.39, 0.29) is 24.3 Å². The number of aliphatic hydroxyl groups excluding tert-OH is 1. The van der Waals surface area contributed by atoms with E-state index in [0.29, 0.717) is 30.8 Å². The number of carbonyl (C=O) groups excluding carboxylic acids is 2. The van der Waals surface area contributed by atoms with Crippen LogP contribution in [0.3, 0.4) is 0 Å². The maximum absolute atomic E-state index is 12.4. The van der Waals surface area contributed by atoms with Crippen LogP contribution in [0.5, 0.6) is 0 Å². The van der Waals surface area contributed by atoms with Crippen molar-refractivity contribution in [3.63, 3.8) is 0 Å². The lowest BCUT2D eigenvalue weighted by Gasteiger charge is -2.20. The van der Waals surface area contributed by atoms with Gasteiger partial charge in [0.05, 0.1) is 11.3 Å². The molecule has 0 aromatic heterocycles. The second kappa shape index (κ2) is 6.72. The standard InChI is InChI=1S/C16H22N2O3/c1-11-5-6-14(18-7-3-4-15(18)20)13(8-11)16(21)17-9-12(2)10-19/h5-6,8,12,19H,3-4,7,9-10H2,1-2H3,(H,17,21). The number of rotatable bonds is 5. The minimum atomic E-state index is -0.200. The predicted molar refractivity (Wildman–Crippen MR) is 81.3 cm³/mol. The van der Waals surface area contributed by atoms with E-state index in [4.69, 9.17) is 5.11 Å². The Morgan fingerprint density at radius 3 is 2.86 bits per heavy atom. The summed E-state index contributed by atoms with van der Waals surface area (Å²) in [5, 5.41) is 11.8. The first-order valence-corrected chi connectivity index (χ1v) is 7.33. The molecule has 0 spiro atoms. The fraction of sp³-hybridized carbons (Fsp3) is 0.500. The van der Waals surface area contributed by atoms with Gasteiger partial charge in [-0.05, 0) is 31.4 Å². The van der Waals surface area contributed by atoms with Crippen LogP contribution in [-0.4, -0.2) is 36.6 Å². The molecule has 0 aliphatic carbocycles. The number of hydrogen-bond acceptors (Lipinski definition) is 3. The first kappa shape index (κ1) is 15.5. The molecule has 0 bridgehead atoms. The summed E-state index contributed by atoms with van der Waals surface area (Å²) in [5.74, 6) is -0.124. The maximum atomic E-state index is 12.4. The number of aryl methyl sites for hydroxylation is 1. The Kier molecular flexibility index (Phi) is 4.96. The molecule has 21 heavy (non-hydrogen) atoms. The molecule has 1 unspecified atom stereocenters. The van der Waals surface area contributed by atoms with Crippen LogP contribution in [-0.2, 0) is 4.79 Å². The predicted octanol–water partition coefficient (Wildman–Crippen LogP) is 1.48. The molecule has 1 aromatic carbocycles. The summed E-state index contributed by atoms with van der Waals surface area (Å²) in [6, 6.07) is 5.55. The highest BCUT2D eigenvalue weighted by Crippen LogP contribution is 2.26. The van der Waals surface area contributed by atoms with Crippen LogP contribution in [0.15, 0.2) is 18.2 Å². The van der Waals surface area contributed by atoms with Crippen LogP contribution >= 0.6 is 0 Å². The van der Waals surface area contributed by atoms with Crippen LogP contribution in [0.2, 0.25) is 0 Å². The second-order valence-electron chi connectivity index (χ2n) is 5.67. The molecule has 1 fully saturated rings. The van der Waals surface area contributed by atoms with Gasteiger partial charge in [-0.15, -0.1) is 0 Å². The van der Waals surface area contributed by atoms with Crippen molar-refractivity contribution in [1.82, 2.24) is 5.32 Å². The summed E-state index contributed by atoms with van der Waals surface area (Å²) in [6.07, 6.45) is 1.37. The molecule has 1 heterocycles. The number of nitrogens with one attached hydrogen (secondary N) is 1. The van der Waals surface area contributed by atoms with E-state index in [0.717, 1.165) is 12.0 Å². The van der Waals surface area contributed by atoms with Gasteiger partial charge in [-0.1, -0.05) is 18.6 Å². The first-order valence-electron chi connectivity index (χ1n) is 7.33. The third-order valence-electron chi connectivity index (χ3n) is 3.68. The molecule has 5 nitrogen and oxygen atoms in total. The summed E-state index contributed by atoms with van der Waals surface area (Å²) in [6.45, 7) is 4.89. The van der Waals surface area contributed by atoms with Crippen molar-refractivity contribution >= 4 is 17.5 Å². The van der Waals surface area contributed by atoms with Crippen molar-refractivity contribution in [2.75, 3.05) is 24.6 Å². The smallest absolute Gasteiger partial charge is 0.253 e. The van der Waals surface area contributed by atoms with Crippen LogP contribution in [0.1, 0.15) is 35.7 Å². The van der Waals surface area contributed by atoms with Crippen molar-refractivity contribution in [1.29, 1.82) is 0 Å². The molecule has 2 amide bonds. The van der Waals surface area contributed by atoms with E-state index < -0.39 is 0 Å². The van der Waals surface area contributed by atoms with Gasteiger partial charge >= 0.3 is 0 Å². The molecular formula is C16H22N2O3. The Bertz CT molecular complexity index is 542. The van der Waals surface area contributed by atoms with Gasteiger partial charge in [0, 0.05) is 26.1 Å². The number of carbonyl (C=O) groups is 2. The Labute approximate surface area is 125 Å². The quantitative estimate of drug-likeness (QED) is 0.863. The minimum Gasteiger partial charge on any atom is -0.396 e. The van der Waals surface area contributed by atoms with E-state index in [1.165, 1.54) is 0 Å². The van der Waals surface area contributed by atoms with Gasteiger partial charge in [0.1, 0.15) is 0 Å². The average molecular weight is 290 g/mol. The van der Waals surface area contributed by atoms with Crippen LogP contribution < -0.4 is 10.2 Å². The summed E-state index contributed by atoms with van der Waals surface area (Å²) < 4.78 is 0. The number of amides is 2. The SMILES string of the molecule is Cc1ccc(N2CCCC2=O)c(C(=O)NCC(C)CO)c1. The monoisotopic (exact) mass is 290 g/mol. The van der Waals surface area contributed by atoms with E-state index >= 15 is 0 Å². The van der Waals surface area contributed by atoms with Crippen molar-refractivity contribution in [3.05, 3.63) is 29.3 Å². The highest BCUT2D eigenvalue weighted by molar-refractivity contribution is 6.05. The van der Waals surface area contributed by atoms with Gasteiger partial charge in [0.25, 0.3) is 5.91 Å². The number of aliphatic hydroxyl groups is 1. The number of hydrogen-bond donors (Lipinski definition) is 2. The molecule has 2 rings (SSSR count). The number of nitrogens with zero attached hydrogens (tertiary/aromatic N) is 1. The van der Waals surface area contributed by atoms with Gasteiger partial charge in [-0.3, -0.25) is 9.59 Å². The van der Waals surface area contributed by atoms with Crippen molar-refractivity contribution in [2.45, 2.75) is 26.7 Å². The van der Waals surface area contributed by atoms with Gasteiger partial charge in [-0.2, -0.15) is 0 Å². The molecule has 2 N–H and O–H groups in total. The fourth-order valence-electron chi connectivity index (χ4n) is 2.40. The fourth-order valence-corrected chi connectivity index (χ4v) is 2.40. The first-order chi connectivity index (χ1) is 10.0. The van der Waals surface area contributed by atoms with Crippen molar-refractivity contribution in [3.8, 4) is 0 Å². The molecule has 5 heteroatoms. The Hall–Kier alpha value is -1.88. The van der Waals surface area contributed by atoms with Crippen LogP contribution in [0.4, 0.5) is 5.69 Å². The number of benzene rings is 1. The summed E-state index contributed by atoms with van der Waals surface area (Å²) in [5.41, 5.74) is 2.18. The van der Waals surface area contributed by atoms with Crippen LogP contribution in [0, 0.1) is 12.8 Å². The Morgan fingerprint density at radius 2 is 2.24 bits per heavy atom. The average Bonchev–Trinajstić information content (AvgIpc) is 2.90. The molecule has 0 radical (unpaired) electrons. The topological polar surface area (TPSA) is 69.6 Å². The molecular weight excluding hydrogens is 268 g/mol. The second-order valence-corrected chi connectivity index (χ2v) is 5.67. The molecule has 0 saturated carbocycles. The van der Waals surface area contributed by atoms with E-state index in [2.05, 4.69) is 5.32 Å². The van der Waals surface area contributed by atoms with E-state index in [1.54, 1.807) is 11.0 Å². The van der Waals surface area contributed by atoms with E-state index in [9.17, 15) is 9.59 Å². The number of anilines is 1. The summed E-state index contributed by atoms with van der Waals surface area (Å²) in [7, 11) is 0. The van der Waals surface area contributed by atoms with Crippen molar-refractivity contribution in [2.24, 2.45) is 5.92 Å². The zero-order chi connectivity index (χ0) is 15.4. The molecule has 114 valence electrons. The third-order valence-corrected chi connectivity index (χ3v) is 3.68. The summed E-state index contributed by atoms with van der Waals surface area (Å²) in [4.78, 5) is 26.0.